The average molecular weight is 242 g/mol. The van der Waals surface area contributed by atoms with Crippen LogP contribution in [-0.4, -0.2) is 16.6 Å². The van der Waals surface area contributed by atoms with Crippen LogP contribution >= 0.6 is 0 Å². The molecule has 2 aliphatic rings. The molecule has 0 spiro atoms. The van der Waals surface area contributed by atoms with Crippen LogP contribution in [0.15, 0.2) is 29.4 Å². The van der Waals surface area contributed by atoms with Gasteiger partial charge in [-0.25, -0.2) is 5.01 Å². The molecule has 0 bridgehead atoms. The first-order valence-corrected chi connectivity index (χ1v) is 6.68. The molecular weight excluding hydrogens is 224 g/mol. The Morgan fingerprint density at radius 3 is 3.06 bits per heavy atom. The van der Waals surface area contributed by atoms with Gasteiger partial charge in [0.2, 0.25) is 0 Å². The van der Waals surface area contributed by atoms with Crippen molar-refractivity contribution in [2.24, 2.45) is 11.0 Å². The molecular formula is C15H18N2O. The molecule has 1 saturated carbocycles. The lowest BCUT2D eigenvalue weighted by molar-refractivity contribution is -0.132. The Hall–Kier alpha value is -1.64. The predicted molar refractivity (Wildman–Crippen MR) is 71.1 cm³/mol. The van der Waals surface area contributed by atoms with Crippen molar-refractivity contribution in [2.45, 2.75) is 39.2 Å². The van der Waals surface area contributed by atoms with Gasteiger partial charge in [0, 0.05) is 0 Å². The van der Waals surface area contributed by atoms with Gasteiger partial charge in [0.15, 0.2) is 0 Å². The number of carbonyl (C=O) groups excluding carboxylic acids is 1. The monoisotopic (exact) mass is 242 g/mol. The van der Waals surface area contributed by atoms with Crippen molar-refractivity contribution < 1.29 is 4.79 Å². The lowest BCUT2D eigenvalue weighted by Gasteiger charge is -2.17. The average Bonchev–Trinajstić information content (AvgIpc) is 2.67. The molecule has 1 unspecified atom stereocenters. The van der Waals surface area contributed by atoms with Gasteiger partial charge in [-0.1, -0.05) is 36.2 Å². The van der Waals surface area contributed by atoms with Gasteiger partial charge >= 0.3 is 0 Å². The van der Waals surface area contributed by atoms with E-state index >= 15 is 0 Å². The van der Waals surface area contributed by atoms with Gasteiger partial charge in [0.05, 0.1) is 18.2 Å². The fourth-order valence-electron chi connectivity index (χ4n) is 2.86. The van der Waals surface area contributed by atoms with Crippen LogP contribution in [0.1, 0.15) is 36.8 Å². The Labute approximate surface area is 107 Å². The minimum absolute atomic E-state index is 0.0866. The third kappa shape index (κ3) is 2.05. The first kappa shape index (κ1) is 11.5. The van der Waals surface area contributed by atoms with E-state index in [1.54, 1.807) is 5.01 Å². The van der Waals surface area contributed by atoms with Gasteiger partial charge in [-0.15, -0.1) is 0 Å². The van der Waals surface area contributed by atoms with E-state index in [1.807, 2.05) is 6.07 Å². The highest BCUT2D eigenvalue weighted by molar-refractivity contribution is 6.08. The summed E-state index contributed by atoms with van der Waals surface area (Å²) in [6, 6.07) is 8.28. The molecule has 1 aromatic carbocycles. The zero-order chi connectivity index (χ0) is 12.5. The lowest BCUT2D eigenvalue weighted by atomic mass is 9.87. The quantitative estimate of drug-likeness (QED) is 0.785. The minimum atomic E-state index is 0.0866. The maximum absolute atomic E-state index is 12.2. The number of benzene rings is 1. The summed E-state index contributed by atoms with van der Waals surface area (Å²) in [6.45, 7) is 2.68. The van der Waals surface area contributed by atoms with Crippen molar-refractivity contribution in [3.63, 3.8) is 0 Å². The summed E-state index contributed by atoms with van der Waals surface area (Å²) in [7, 11) is 0. The van der Waals surface area contributed by atoms with Gasteiger partial charge in [-0.2, -0.15) is 5.10 Å². The summed E-state index contributed by atoms with van der Waals surface area (Å²) in [5, 5.41) is 6.18. The second-order valence-corrected chi connectivity index (χ2v) is 5.27. The van der Waals surface area contributed by atoms with Crippen LogP contribution in [-0.2, 0) is 11.3 Å². The number of rotatable bonds is 2. The van der Waals surface area contributed by atoms with E-state index < -0.39 is 0 Å². The highest BCUT2D eigenvalue weighted by Gasteiger charge is 2.36. The molecule has 1 fully saturated rings. The topological polar surface area (TPSA) is 32.7 Å². The molecule has 18 heavy (non-hydrogen) atoms. The molecule has 1 aromatic rings. The number of hydrazone groups is 1. The number of hydrogen-bond donors (Lipinski definition) is 0. The molecule has 1 atom stereocenters. The molecule has 1 amide bonds. The van der Waals surface area contributed by atoms with Crippen LogP contribution in [0.2, 0.25) is 0 Å². The molecule has 0 N–H and O–H groups in total. The molecule has 1 heterocycles. The minimum Gasteiger partial charge on any atom is -0.272 e. The zero-order valence-corrected chi connectivity index (χ0v) is 10.7. The molecule has 1 aliphatic carbocycles. The highest BCUT2D eigenvalue weighted by Crippen LogP contribution is 2.29. The summed E-state index contributed by atoms with van der Waals surface area (Å²) < 4.78 is 0. The molecule has 3 rings (SSSR count). The summed E-state index contributed by atoms with van der Waals surface area (Å²) >= 11 is 0. The maximum Gasteiger partial charge on any atom is 0.251 e. The summed E-state index contributed by atoms with van der Waals surface area (Å²) in [4.78, 5) is 12.2. The van der Waals surface area contributed by atoms with Crippen LogP contribution < -0.4 is 0 Å². The van der Waals surface area contributed by atoms with E-state index in [0.717, 1.165) is 30.5 Å². The number of hydrogen-bond acceptors (Lipinski definition) is 2. The number of aryl methyl sites for hydroxylation is 1. The molecule has 94 valence electrons. The zero-order valence-electron chi connectivity index (χ0n) is 10.7. The van der Waals surface area contributed by atoms with Crippen molar-refractivity contribution in [3.8, 4) is 0 Å². The first-order chi connectivity index (χ1) is 8.74. The molecule has 3 heteroatoms. The Kier molecular flexibility index (Phi) is 2.90. The normalized spacial score (nSPS) is 22.9. The van der Waals surface area contributed by atoms with E-state index in [1.165, 1.54) is 12.0 Å². The molecule has 0 saturated heterocycles. The first-order valence-electron chi connectivity index (χ1n) is 6.68. The van der Waals surface area contributed by atoms with Crippen molar-refractivity contribution >= 4 is 11.6 Å². The standard InChI is InChI=1S/C15H18N2O/c1-11-5-4-6-12(9-11)10-17-15(18)13-7-2-3-8-14(13)16-17/h4-6,9,13H,2-3,7-8,10H2,1H3. The van der Waals surface area contributed by atoms with Crippen LogP contribution in [0.25, 0.3) is 0 Å². The molecule has 3 nitrogen and oxygen atoms in total. The Bertz CT molecular complexity index is 507. The third-order valence-corrected chi connectivity index (χ3v) is 3.79. The number of carbonyl (C=O) groups is 1. The second-order valence-electron chi connectivity index (χ2n) is 5.27. The fraction of sp³-hybridized carbons (Fsp3) is 0.467. The Balaban J connectivity index is 1.78. The van der Waals surface area contributed by atoms with E-state index in [9.17, 15) is 4.79 Å². The van der Waals surface area contributed by atoms with Crippen molar-refractivity contribution in [3.05, 3.63) is 35.4 Å². The Morgan fingerprint density at radius 2 is 2.28 bits per heavy atom. The van der Waals surface area contributed by atoms with Crippen molar-refractivity contribution in [1.82, 2.24) is 5.01 Å². The smallest absolute Gasteiger partial charge is 0.251 e. The summed E-state index contributed by atoms with van der Waals surface area (Å²) in [5.41, 5.74) is 3.49. The molecule has 0 radical (unpaired) electrons. The van der Waals surface area contributed by atoms with E-state index in [0.29, 0.717) is 6.54 Å². The number of amides is 1. The maximum atomic E-state index is 12.2. The van der Waals surface area contributed by atoms with Crippen molar-refractivity contribution in [2.75, 3.05) is 0 Å². The largest absolute Gasteiger partial charge is 0.272 e. The number of fused-ring (bicyclic) bond motifs is 1. The van der Waals surface area contributed by atoms with Gasteiger partial charge in [-0.05, 0) is 31.7 Å². The van der Waals surface area contributed by atoms with Crippen LogP contribution in [0.4, 0.5) is 0 Å². The summed E-state index contributed by atoms with van der Waals surface area (Å²) in [6.07, 6.45) is 4.33. The fourth-order valence-corrected chi connectivity index (χ4v) is 2.86. The van der Waals surface area contributed by atoms with Gasteiger partial charge < -0.3 is 0 Å². The van der Waals surface area contributed by atoms with Crippen LogP contribution in [0.3, 0.4) is 0 Å². The van der Waals surface area contributed by atoms with Gasteiger partial charge in [0.25, 0.3) is 5.91 Å². The SMILES string of the molecule is Cc1cccc(CN2N=C3CCCCC3C2=O)c1. The molecule has 1 aliphatic heterocycles. The van der Waals surface area contributed by atoms with Crippen LogP contribution in [0, 0.1) is 12.8 Å². The Morgan fingerprint density at radius 1 is 1.39 bits per heavy atom. The number of nitrogens with zero attached hydrogens (tertiary/aromatic N) is 2. The third-order valence-electron chi connectivity index (χ3n) is 3.79. The highest BCUT2D eigenvalue weighted by atomic mass is 16.2. The molecule has 0 aromatic heterocycles. The van der Waals surface area contributed by atoms with E-state index in [-0.39, 0.29) is 11.8 Å². The van der Waals surface area contributed by atoms with Crippen LogP contribution in [0.5, 0.6) is 0 Å². The van der Waals surface area contributed by atoms with Gasteiger partial charge in [-0.3, -0.25) is 4.79 Å². The van der Waals surface area contributed by atoms with E-state index in [4.69, 9.17) is 0 Å². The van der Waals surface area contributed by atoms with E-state index in [2.05, 4.69) is 30.2 Å². The summed E-state index contributed by atoms with van der Waals surface area (Å²) in [5.74, 6) is 0.287. The van der Waals surface area contributed by atoms with Gasteiger partial charge in [0.1, 0.15) is 0 Å². The predicted octanol–water partition coefficient (Wildman–Crippen LogP) is 2.88. The lowest BCUT2D eigenvalue weighted by Crippen LogP contribution is -2.28. The second kappa shape index (κ2) is 4.56. The van der Waals surface area contributed by atoms with Crippen molar-refractivity contribution in [1.29, 1.82) is 0 Å².